The first-order chi connectivity index (χ1) is 7.07. The van der Waals surface area contributed by atoms with Crippen LogP contribution in [0.2, 0.25) is 0 Å². The molecule has 0 spiro atoms. The molecule has 0 bridgehead atoms. The normalized spacial score (nSPS) is 10.1. The minimum atomic E-state index is -0.918. The third-order valence-corrected chi connectivity index (χ3v) is 2.27. The summed E-state index contributed by atoms with van der Waals surface area (Å²) in [7, 11) is 1.86. The fourth-order valence-electron chi connectivity index (χ4n) is 1.54. The van der Waals surface area contributed by atoms with Gasteiger partial charge in [0.25, 0.3) is 0 Å². The lowest BCUT2D eigenvalue weighted by molar-refractivity contribution is 0.0696. The second kappa shape index (κ2) is 4.77. The van der Waals surface area contributed by atoms with E-state index in [1.807, 2.05) is 18.9 Å². The molecule has 15 heavy (non-hydrogen) atoms. The molecule has 1 N–H and O–H groups in total. The molecular weight excluding hydrogens is 192 g/mol. The lowest BCUT2D eigenvalue weighted by Crippen LogP contribution is -2.22. The van der Waals surface area contributed by atoms with E-state index >= 15 is 0 Å². The Bertz CT molecular complexity index is 364. The molecule has 0 aliphatic carbocycles. The number of hydrogen-bond donors (Lipinski definition) is 1. The number of aryl methyl sites for hydroxylation is 1. The highest BCUT2D eigenvalue weighted by atomic mass is 16.4. The molecule has 4 nitrogen and oxygen atoms in total. The van der Waals surface area contributed by atoms with Crippen LogP contribution in [0.1, 0.15) is 29.3 Å². The fraction of sp³-hybridized carbons (Fsp3) is 0.455. The summed E-state index contributed by atoms with van der Waals surface area (Å²) in [6.45, 7) is 4.64. The van der Waals surface area contributed by atoms with Crippen molar-refractivity contribution in [2.24, 2.45) is 0 Å². The van der Waals surface area contributed by atoms with E-state index in [0.29, 0.717) is 11.4 Å². The monoisotopic (exact) mass is 208 g/mol. The van der Waals surface area contributed by atoms with Gasteiger partial charge in [0.05, 0.1) is 0 Å². The van der Waals surface area contributed by atoms with E-state index in [1.165, 1.54) is 0 Å². The van der Waals surface area contributed by atoms with Gasteiger partial charge < -0.3 is 10.0 Å². The average molecular weight is 208 g/mol. The molecule has 1 rings (SSSR count). The number of carbonyl (C=O) groups is 1. The van der Waals surface area contributed by atoms with Crippen LogP contribution >= 0.6 is 0 Å². The molecule has 1 heterocycles. The van der Waals surface area contributed by atoms with Crippen LogP contribution in [0.4, 0.5) is 5.82 Å². The van der Waals surface area contributed by atoms with Gasteiger partial charge in [-0.15, -0.1) is 0 Å². The summed E-state index contributed by atoms with van der Waals surface area (Å²) in [6, 6.07) is 1.72. The minimum absolute atomic E-state index is 0.299. The van der Waals surface area contributed by atoms with Gasteiger partial charge in [-0.3, -0.25) is 0 Å². The van der Waals surface area contributed by atoms with Crippen LogP contribution < -0.4 is 4.90 Å². The lowest BCUT2D eigenvalue weighted by Gasteiger charge is -2.19. The van der Waals surface area contributed by atoms with Crippen molar-refractivity contribution >= 4 is 11.8 Å². The summed E-state index contributed by atoms with van der Waals surface area (Å²) in [6.07, 6.45) is 2.61. The number of carboxylic acid groups (broad SMARTS) is 1. The van der Waals surface area contributed by atoms with E-state index in [0.717, 1.165) is 18.5 Å². The van der Waals surface area contributed by atoms with Gasteiger partial charge in [-0.25, -0.2) is 9.78 Å². The van der Waals surface area contributed by atoms with Crippen molar-refractivity contribution in [2.75, 3.05) is 18.5 Å². The van der Waals surface area contributed by atoms with Gasteiger partial charge in [0.2, 0.25) is 0 Å². The largest absolute Gasteiger partial charge is 0.478 e. The zero-order valence-corrected chi connectivity index (χ0v) is 9.32. The number of aromatic carboxylic acids is 1. The average Bonchev–Trinajstić information content (AvgIpc) is 2.17. The molecule has 0 saturated carbocycles. The van der Waals surface area contributed by atoms with Gasteiger partial charge in [0.15, 0.2) is 0 Å². The third kappa shape index (κ3) is 2.46. The minimum Gasteiger partial charge on any atom is -0.478 e. The summed E-state index contributed by atoms with van der Waals surface area (Å²) in [4.78, 5) is 17.1. The first-order valence-electron chi connectivity index (χ1n) is 4.98. The summed E-state index contributed by atoms with van der Waals surface area (Å²) in [5, 5.41) is 9.10. The van der Waals surface area contributed by atoms with Crippen molar-refractivity contribution in [1.82, 2.24) is 4.98 Å². The number of aromatic nitrogens is 1. The van der Waals surface area contributed by atoms with Crippen LogP contribution in [0.25, 0.3) is 0 Å². The zero-order chi connectivity index (χ0) is 11.4. The Morgan fingerprint density at radius 3 is 2.80 bits per heavy atom. The topological polar surface area (TPSA) is 53.4 Å². The maximum absolute atomic E-state index is 11.1. The van der Waals surface area contributed by atoms with E-state index in [1.54, 1.807) is 19.2 Å². The van der Waals surface area contributed by atoms with Gasteiger partial charge in [-0.1, -0.05) is 6.92 Å². The lowest BCUT2D eigenvalue weighted by atomic mass is 10.1. The molecule has 0 saturated heterocycles. The predicted molar refractivity (Wildman–Crippen MR) is 59.5 cm³/mol. The van der Waals surface area contributed by atoms with Crippen molar-refractivity contribution in [2.45, 2.75) is 20.3 Å². The standard InChI is InChI=1S/C11H16N2O2/c1-4-7-13(3)10-9(11(14)15)8(2)5-6-12-10/h5-6H,4,7H2,1-3H3,(H,14,15). The molecule has 0 unspecified atom stereocenters. The number of rotatable bonds is 4. The van der Waals surface area contributed by atoms with E-state index in [4.69, 9.17) is 5.11 Å². The van der Waals surface area contributed by atoms with Crippen LogP contribution in [0, 0.1) is 6.92 Å². The molecule has 0 amide bonds. The SMILES string of the molecule is CCCN(C)c1nccc(C)c1C(=O)O. The highest BCUT2D eigenvalue weighted by molar-refractivity contribution is 5.94. The van der Waals surface area contributed by atoms with Crippen molar-refractivity contribution in [3.05, 3.63) is 23.4 Å². The van der Waals surface area contributed by atoms with Gasteiger partial charge in [-0.2, -0.15) is 0 Å². The second-order valence-corrected chi connectivity index (χ2v) is 3.55. The molecule has 0 atom stereocenters. The molecule has 1 aromatic heterocycles. The molecule has 82 valence electrons. The van der Waals surface area contributed by atoms with Gasteiger partial charge in [-0.05, 0) is 25.0 Å². The zero-order valence-electron chi connectivity index (χ0n) is 9.32. The van der Waals surface area contributed by atoms with Crippen LogP contribution in [0.3, 0.4) is 0 Å². The van der Waals surface area contributed by atoms with Crippen molar-refractivity contribution in [1.29, 1.82) is 0 Å². The maximum Gasteiger partial charge on any atom is 0.339 e. The summed E-state index contributed by atoms with van der Waals surface area (Å²) in [5.41, 5.74) is 1.05. The van der Waals surface area contributed by atoms with Crippen molar-refractivity contribution in [3.63, 3.8) is 0 Å². The Hall–Kier alpha value is -1.58. The Kier molecular flexibility index (Phi) is 3.66. The first-order valence-corrected chi connectivity index (χ1v) is 4.98. The Labute approximate surface area is 89.6 Å². The number of hydrogen-bond acceptors (Lipinski definition) is 3. The van der Waals surface area contributed by atoms with Gasteiger partial charge in [0.1, 0.15) is 11.4 Å². The Balaban J connectivity index is 3.16. The molecular formula is C11H16N2O2. The molecule has 1 aromatic rings. The van der Waals surface area contributed by atoms with E-state index in [9.17, 15) is 4.79 Å². The fourth-order valence-corrected chi connectivity index (χ4v) is 1.54. The molecule has 0 fully saturated rings. The van der Waals surface area contributed by atoms with Crippen molar-refractivity contribution < 1.29 is 9.90 Å². The smallest absolute Gasteiger partial charge is 0.339 e. The molecule has 0 radical (unpaired) electrons. The molecule has 0 aliphatic rings. The maximum atomic E-state index is 11.1. The highest BCUT2D eigenvalue weighted by Crippen LogP contribution is 2.19. The summed E-state index contributed by atoms with van der Waals surface area (Å²) in [5.74, 6) is -0.372. The van der Waals surface area contributed by atoms with E-state index in [-0.39, 0.29) is 0 Å². The number of nitrogens with zero attached hydrogens (tertiary/aromatic N) is 2. The molecule has 0 aliphatic heterocycles. The first kappa shape index (κ1) is 11.5. The van der Waals surface area contributed by atoms with Crippen LogP contribution in [-0.2, 0) is 0 Å². The Morgan fingerprint density at radius 1 is 1.60 bits per heavy atom. The van der Waals surface area contributed by atoms with E-state index in [2.05, 4.69) is 4.98 Å². The number of carboxylic acids is 1. The highest BCUT2D eigenvalue weighted by Gasteiger charge is 2.16. The number of pyridine rings is 1. The molecule has 4 heteroatoms. The second-order valence-electron chi connectivity index (χ2n) is 3.55. The van der Waals surface area contributed by atoms with Crippen LogP contribution in [-0.4, -0.2) is 29.7 Å². The third-order valence-electron chi connectivity index (χ3n) is 2.27. The quantitative estimate of drug-likeness (QED) is 0.821. The van der Waals surface area contributed by atoms with Crippen LogP contribution in [0.15, 0.2) is 12.3 Å². The van der Waals surface area contributed by atoms with Gasteiger partial charge in [0, 0.05) is 19.8 Å². The predicted octanol–water partition coefficient (Wildman–Crippen LogP) is 1.93. The van der Waals surface area contributed by atoms with Crippen LogP contribution in [0.5, 0.6) is 0 Å². The summed E-state index contributed by atoms with van der Waals surface area (Å²) >= 11 is 0. The summed E-state index contributed by atoms with van der Waals surface area (Å²) < 4.78 is 0. The number of anilines is 1. The Morgan fingerprint density at radius 2 is 2.27 bits per heavy atom. The molecule has 0 aromatic carbocycles. The van der Waals surface area contributed by atoms with Gasteiger partial charge >= 0.3 is 5.97 Å². The van der Waals surface area contributed by atoms with Crippen molar-refractivity contribution in [3.8, 4) is 0 Å². The van der Waals surface area contributed by atoms with E-state index < -0.39 is 5.97 Å².